The van der Waals surface area contributed by atoms with Crippen molar-refractivity contribution in [2.75, 3.05) is 0 Å². The fourth-order valence-corrected chi connectivity index (χ4v) is 5.54. The van der Waals surface area contributed by atoms with Crippen LogP contribution in [0.1, 0.15) is 26.3 Å². The lowest BCUT2D eigenvalue weighted by Gasteiger charge is -2.22. The molecular formula is C31H23N. The Morgan fingerprint density at radius 3 is 1.91 bits per heavy atom. The molecule has 0 spiro atoms. The second-order valence-electron chi connectivity index (χ2n) is 10.1. The number of nitrogens with zero attached hydrogens (tertiary/aromatic N) is 1. The van der Waals surface area contributed by atoms with Crippen molar-refractivity contribution >= 4 is 64.8 Å². The molecule has 0 radical (unpaired) electrons. The third-order valence-corrected chi connectivity index (χ3v) is 7.16. The predicted molar refractivity (Wildman–Crippen MR) is 139 cm³/mol. The molecule has 1 heterocycles. The summed E-state index contributed by atoms with van der Waals surface area (Å²) in [7, 11) is 0. The van der Waals surface area contributed by atoms with Gasteiger partial charge in [0.25, 0.3) is 0 Å². The van der Waals surface area contributed by atoms with E-state index in [1.54, 1.807) is 0 Å². The molecule has 6 aromatic carbocycles. The van der Waals surface area contributed by atoms with E-state index in [9.17, 15) is 0 Å². The molecule has 0 aliphatic heterocycles. The highest BCUT2D eigenvalue weighted by Gasteiger charge is 2.20. The van der Waals surface area contributed by atoms with E-state index in [4.69, 9.17) is 4.98 Å². The molecule has 1 aromatic heterocycles. The van der Waals surface area contributed by atoms with Gasteiger partial charge in [-0.15, -0.1) is 0 Å². The van der Waals surface area contributed by atoms with Crippen LogP contribution in [-0.2, 0) is 5.41 Å². The Balaban J connectivity index is 1.81. The number of pyridine rings is 1. The van der Waals surface area contributed by atoms with Gasteiger partial charge in [-0.3, -0.25) is 4.98 Å². The van der Waals surface area contributed by atoms with Crippen molar-refractivity contribution in [3.8, 4) is 0 Å². The largest absolute Gasteiger partial charge is 0.256 e. The lowest BCUT2D eigenvalue weighted by Crippen LogP contribution is -2.10. The molecule has 1 heteroatoms. The Morgan fingerprint density at radius 1 is 0.531 bits per heavy atom. The average Bonchev–Trinajstić information content (AvgIpc) is 2.81. The maximum absolute atomic E-state index is 4.93. The molecule has 32 heavy (non-hydrogen) atoms. The lowest BCUT2D eigenvalue weighted by molar-refractivity contribution is 0.591. The summed E-state index contributed by atoms with van der Waals surface area (Å²) in [5.74, 6) is 0. The minimum absolute atomic E-state index is 0.110. The summed E-state index contributed by atoms with van der Waals surface area (Å²) < 4.78 is 0. The maximum Gasteiger partial charge on any atom is 0.0793 e. The number of rotatable bonds is 0. The molecule has 0 N–H and O–H groups in total. The number of aromatic nitrogens is 1. The molecule has 0 amide bonds. The van der Waals surface area contributed by atoms with Gasteiger partial charge in [0.15, 0.2) is 0 Å². The third kappa shape index (κ3) is 2.26. The molecule has 1 nitrogen and oxygen atoms in total. The number of fused-ring (bicyclic) bond motifs is 7. The van der Waals surface area contributed by atoms with Crippen molar-refractivity contribution in [2.45, 2.75) is 26.2 Å². The van der Waals surface area contributed by atoms with Crippen molar-refractivity contribution < 1.29 is 0 Å². The van der Waals surface area contributed by atoms with Crippen LogP contribution < -0.4 is 0 Å². The average molecular weight is 410 g/mol. The topological polar surface area (TPSA) is 12.9 Å². The summed E-state index contributed by atoms with van der Waals surface area (Å²) in [6, 6.07) is 29.3. The van der Waals surface area contributed by atoms with Crippen molar-refractivity contribution in [3.63, 3.8) is 0 Å². The normalized spacial score (nSPS) is 12.8. The number of hydrogen-bond donors (Lipinski definition) is 0. The van der Waals surface area contributed by atoms with Gasteiger partial charge < -0.3 is 0 Å². The monoisotopic (exact) mass is 409 g/mol. The fraction of sp³-hybridized carbons (Fsp3) is 0.129. The second kappa shape index (κ2) is 5.95. The van der Waals surface area contributed by atoms with Crippen LogP contribution in [0.4, 0.5) is 0 Å². The van der Waals surface area contributed by atoms with Gasteiger partial charge >= 0.3 is 0 Å². The smallest absolute Gasteiger partial charge is 0.0793 e. The zero-order valence-corrected chi connectivity index (χ0v) is 18.5. The van der Waals surface area contributed by atoms with Crippen LogP contribution in [0.2, 0.25) is 0 Å². The molecule has 7 rings (SSSR count). The van der Waals surface area contributed by atoms with E-state index in [0.29, 0.717) is 0 Å². The minimum atomic E-state index is 0.110. The molecule has 0 saturated carbocycles. The Labute approximate surface area is 186 Å². The van der Waals surface area contributed by atoms with Gasteiger partial charge in [0.1, 0.15) is 0 Å². The maximum atomic E-state index is 4.93. The Hall–Kier alpha value is -3.71. The molecule has 0 bridgehead atoms. The van der Waals surface area contributed by atoms with Crippen LogP contribution in [0.5, 0.6) is 0 Å². The van der Waals surface area contributed by atoms with Crippen LogP contribution in [0.3, 0.4) is 0 Å². The van der Waals surface area contributed by atoms with Crippen molar-refractivity contribution in [2.24, 2.45) is 0 Å². The SMILES string of the molecule is CC(C)(C)c1ccc2c(c1)c1cccc3c4cc5ccccc5cc4c4nccc2c4c13. The minimum Gasteiger partial charge on any atom is -0.256 e. The van der Waals surface area contributed by atoms with E-state index in [1.165, 1.54) is 64.8 Å². The van der Waals surface area contributed by atoms with Gasteiger partial charge in [0.05, 0.1) is 5.52 Å². The summed E-state index contributed by atoms with van der Waals surface area (Å²) >= 11 is 0. The summed E-state index contributed by atoms with van der Waals surface area (Å²) in [6.45, 7) is 6.86. The van der Waals surface area contributed by atoms with Gasteiger partial charge in [-0.25, -0.2) is 0 Å². The van der Waals surface area contributed by atoms with Crippen molar-refractivity contribution in [3.05, 3.63) is 90.6 Å². The van der Waals surface area contributed by atoms with Gasteiger partial charge in [0.2, 0.25) is 0 Å². The van der Waals surface area contributed by atoms with E-state index >= 15 is 0 Å². The molecule has 0 saturated heterocycles. The first kappa shape index (κ1) is 17.9. The van der Waals surface area contributed by atoms with Crippen LogP contribution >= 0.6 is 0 Å². The molecule has 7 aromatic rings. The highest BCUT2D eigenvalue weighted by atomic mass is 14.7. The summed E-state index contributed by atoms with van der Waals surface area (Å²) in [5, 5.41) is 14.3. The Bertz CT molecular complexity index is 1850. The van der Waals surface area contributed by atoms with Gasteiger partial charge in [-0.1, -0.05) is 75.4 Å². The molecule has 0 fully saturated rings. The van der Waals surface area contributed by atoms with E-state index in [0.717, 1.165) is 5.52 Å². The predicted octanol–water partition coefficient (Wildman–Crippen LogP) is 8.74. The lowest BCUT2D eigenvalue weighted by atomic mass is 9.83. The van der Waals surface area contributed by atoms with Crippen molar-refractivity contribution in [1.29, 1.82) is 0 Å². The first-order valence-electron chi connectivity index (χ1n) is 11.3. The zero-order valence-electron chi connectivity index (χ0n) is 18.5. The van der Waals surface area contributed by atoms with Crippen molar-refractivity contribution in [1.82, 2.24) is 4.98 Å². The van der Waals surface area contributed by atoms with E-state index in [-0.39, 0.29) is 5.41 Å². The Kier molecular flexibility index (Phi) is 3.33. The van der Waals surface area contributed by atoms with Crippen LogP contribution in [0.25, 0.3) is 64.8 Å². The first-order chi connectivity index (χ1) is 15.5. The fourth-order valence-electron chi connectivity index (χ4n) is 5.54. The number of hydrogen-bond acceptors (Lipinski definition) is 1. The molecule has 0 atom stereocenters. The summed E-state index contributed by atoms with van der Waals surface area (Å²) in [6.07, 6.45) is 1.98. The van der Waals surface area contributed by atoms with Crippen LogP contribution in [-0.4, -0.2) is 4.98 Å². The second-order valence-corrected chi connectivity index (χ2v) is 10.1. The molecule has 152 valence electrons. The number of benzene rings is 6. The zero-order chi connectivity index (χ0) is 21.6. The molecule has 0 aliphatic carbocycles. The van der Waals surface area contributed by atoms with Crippen LogP contribution in [0.15, 0.2) is 85.1 Å². The summed E-state index contributed by atoms with van der Waals surface area (Å²) in [5.41, 5.74) is 2.58. The standard InChI is InChI=1S/C31H23N/c1-31(2,3)20-11-12-21-24-13-14-32-30-27-16-19-8-5-4-7-18(19)15-25(27)22-9-6-10-23(26(21)17-20)28(22)29(24)30/h4-17H,1-3H3. The first-order valence-corrected chi connectivity index (χ1v) is 11.3. The third-order valence-electron chi connectivity index (χ3n) is 7.16. The van der Waals surface area contributed by atoms with E-state index in [2.05, 4.69) is 99.6 Å². The Morgan fingerprint density at radius 2 is 1.19 bits per heavy atom. The van der Waals surface area contributed by atoms with Gasteiger partial charge in [-0.05, 0) is 78.3 Å². The highest BCUT2D eigenvalue weighted by molar-refractivity contribution is 6.39. The van der Waals surface area contributed by atoms with E-state index in [1.807, 2.05) is 6.20 Å². The van der Waals surface area contributed by atoms with Gasteiger partial charge in [0, 0.05) is 22.4 Å². The quantitative estimate of drug-likeness (QED) is 0.180. The molecule has 0 unspecified atom stereocenters. The molecule has 0 aliphatic rings. The summed E-state index contributed by atoms with van der Waals surface area (Å²) in [4.78, 5) is 4.93. The van der Waals surface area contributed by atoms with E-state index < -0.39 is 0 Å². The van der Waals surface area contributed by atoms with Crippen LogP contribution in [0, 0.1) is 0 Å². The van der Waals surface area contributed by atoms with Gasteiger partial charge in [-0.2, -0.15) is 0 Å². The molecular weight excluding hydrogens is 386 g/mol. The highest BCUT2D eigenvalue weighted by Crippen LogP contribution is 2.45.